The molecule has 0 radical (unpaired) electrons. The number of ether oxygens (including phenoxy) is 1. The fraction of sp³-hybridized carbons (Fsp3) is 0.636. The van der Waals surface area contributed by atoms with Crippen molar-refractivity contribution in [3.63, 3.8) is 0 Å². The fourth-order valence-corrected chi connectivity index (χ4v) is 4.55. The van der Waals surface area contributed by atoms with Crippen LogP contribution in [0.3, 0.4) is 0 Å². The molecule has 3 fully saturated rings. The van der Waals surface area contributed by atoms with Crippen molar-refractivity contribution in [2.75, 3.05) is 32.8 Å². The summed E-state index contributed by atoms with van der Waals surface area (Å²) >= 11 is 0. The van der Waals surface area contributed by atoms with Crippen LogP contribution in [-0.4, -0.2) is 60.5 Å². The number of likely N-dealkylation sites (tertiary alicyclic amines) is 2. The lowest BCUT2D eigenvalue weighted by Crippen LogP contribution is -2.44. The molecule has 1 atom stereocenters. The van der Waals surface area contributed by atoms with Crippen LogP contribution in [0.4, 0.5) is 0 Å². The Bertz CT molecular complexity index is 653. The molecule has 0 aromatic heterocycles. The van der Waals surface area contributed by atoms with Crippen LogP contribution in [0.15, 0.2) is 24.3 Å². The van der Waals surface area contributed by atoms with E-state index in [0.717, 1.165) is 83.3 Å². The number of nitrogens with zero attached hydrogens (tertiary/aromatic N) is 2. The Balaban J connectivity index is 1.26. The van der Waals surface area contributed by atoms with E-state index in [9.17, 15) is 9.59 Å². The molecule has 0 N–H and O–H groups in total. The molecule has 5 heteroatoms. The molecule has 3 heterocycles. The van der Waals surface area contributed by atoms with Gasteiger partial charge in [-0.1, -0.05) is 12.1 Å². The van der Waals surface area contributed by atoms with Gasteiger partial charge in [0, 0.05) is 38.3 Å². The van der Waals surface area contributed by atoms with Crippen LogP contribution in [0.2, 0.25) is 0 Å². The van der Waals surface area contributed by atoms with Crippen molar-refractivity contribution < 1.29 is 14.3 Å². The lowest BCUT2D eigenvalue weighted by atomic mass is 9.89. The lowest BCUT2D eigenvalue weighted by molar-refractivity contribution is -0.142. The monoisotopic (exact) mass is 370 g/mol. The summed E-state index contributed by atoms with van der Waals surface area (Å²) in [5, 5.41) is 0. The third kappa shape index (κ3) is 4.34. The van der Waals surface area contributed by atoms with Gasteiger partial charge in [-0.3, -0.25) is 9.59 Å². The number of hydrogen-bond acceptors (Lipinski definition) is 3. The summed E-state index contributed by atoms with van der Waals surface area (Å²) in [5.74, 6) is 0.967. The first-order valence-electron chi connectivity index (χ1n) is 10.5. The molecular weight excluding hydrogens is 340 g/mol. The van der Waals surface area contributed by atoms with E-state index in [1.807, 2.05) is 21.9 Å². The van der Waals surface area contributed by atoms with E-state index in [1.165, 1.54) is 5.56 Å². The van der Waals surface area contributed by atoms with Gasteiger partial charge in [-0.05, 0) is 68.6 Å². The molecule has 0 bridgehead atoms. The quantitative estimate of drug-likeness (QED) is 0.819. The van der Waals surface area contributed by atoms with Gasteiger partial charge in [-0.15, -0.1) is 0 Å². The van der Waals surface area contributed by atoms with Gasteiger partial charge in [0.2, 0.25) is 0 Å². The highest BCUT2D eigenvalue weighted by molar-refractivity contribution is 5.94. The Morgan fingerprint density at radius 3 is 2.22 bits per heavy atom. The molecule has 1 unspecified atom stereocenters. The van der Waals surface area contributed by atoms with Gasteiger partial charge in [-0.25, -0.2) is 0 Å². The van der Waals surface area contributed by atoms with Gasteiger partial charge in [0.15, 0.2) is 0 Å². The van der Waals surface area contributed by atoms with Gasteiger partial charge in [0.05, 0.1) is 0 Å². The largest absolute Gasteiger partial charge is 0.368 e. The zero-order chi connectivity index (χ0) is 18.6. The third-order valence-electron chi connectivity index (χ3n) is 6.25. The Morgan fingerprint density at radius 1 is 0.889 bits per heavy atom. The molecule has 3 aliphatic heterocycles. The van der Waals surface area contributed by atoms with E-state index in [-0.39, 0.29) is 17.9 Å². The zero-order valence-electron chi connectivity index (χ0n) is 16.1. The standard InChI is InChI=1S/C22H30N2O3/c25-21(23-11-1-2-12-23)19-7-5-17(6-8-19)16-18-9-13-24(14-10-18)22(26)20-4-3-15-27-20/h5-8,18,20H,1-4,9-16H2. The Kier molecular flexibility index (Phi) is 5.77. The van der Waals surface area contributed by atoms with Crippen LogP contribution in [0.1, 0.15) is 54.4 Å². The van der Waals surface area contributed by atoms with E-state index in [2.05, 4.69) is 12.1 Å². The van der Waals surface area contributed by atoms with Crippen LogP contribution in [0.25, 0.3) is 0 Å². The number of hydrogen-bond donors (Lipinski definition) is 0. The smallest absolute Gasteiger partial charge is 0.253 e. The number of amides is 2. The molecule has 0 spiro atoms. The number of piperidine rings is 1. The van der Waals surface area contributed by atoms with Crippen molar-refractivity contribution >= 4 is 11.8 Å². The maximum Gasteiger partial charge on any atom is 0.253 e. The number of carbonyl (C=O) groups excluding carboxylic acids is 2. The van der Waals surface area contributed by atoms with Crippen molar-refractivity contribution in [1.82, 2.24) is 9.80 Å². The van der Waals surface area contributed by atoms with Gasteiger partial charge in [0.25, 0.3) is 11.8 Å². The van der Waals surface area contributed by atoms with E-state index in [4.69, 9.17) is 4.74 Å². The molecule has 1 aromatic carbocycles. The summed E-state index contributed by atoms with van der Waals surface area (Å²) < 4.78 is 5.54. The second-order valence-electron chi connectivity index (χ2n) is 8.17. The first-order valence-corrected chi connectivity index (χ1v) is 10.5. The Labute approximate surface area is 161 Å². The van der Waals surface area contributed by atoms with Crippen LogP contribution in [0, 0.1) is 5.92 Å². The summed E-state index contributed by atoms with van der Waals surface area (Å²) in [5.41, 5.74) is 2.09. The van der Waals surface area contributed by atoms with Crippen molar-refractivity contribution in [1.29, 1.82) is 0 Å². The topological polar surface area (TPSA) is 49.9 Å². The summed E-state index contributed by atoms with van der Waals surface area (Å²) in [6.45, 7) is 4.19. The summed E-state index contributed by atoms with van der Waals surface area (Å²) in [6, 6.07) is 8.17. The minimum atomic E-state index is -0.192. The molecule has 146 valence electrons. The van der Waals surface area contributed by atoms with Crippen LogP contribution < -0.4 is 0 Å². The third-order valence-corrected chi connectivity index (χ3v) is 6.25. The Hall–Kier alpha value is -1.88. The fourth-order valence-electron chi connectivity index (χ4n) is 4.55. The first-order chi connectivity index (χ1) is 13.2. The van der Waals surface area contributed by atoms with Gasteiger partial charge >= 0.3 is 0 Å². The zero-order valence-corrected chi connectivity index (χ0v) is 16.1. The molecule has 1 aromatic rings. The number of carbonyl (C=O) groups is 2. The van der Waals surface area contributed by atoms with Crippen LogP contribution in [0.5, 0.6) is 0 Å². The van der Waals surface area contributed by atoms with E-state index < -0.39 is 0 Å². The molecule has 0 saturated carbocycles. The average Bonchev–Trinajstić information content (AvgIpc) is 3.42. The summed E-state index contributed by atoms with van der Waals surface area (Å²) in [4.78, 5) is 28.8. The maximum atomic E-state index is 12.4. The second-order valence-corrected chi connectivity index (χ2v) is 8.17. The molecule has 5 nitrogen and oxygen atoms in total. The van der Waals surface area contributed by atoms with Gasteiger partial charge in [-0.2, -0.15) is 0 Å². The van der Waals surface area contributed by atoms with Crippen LogP contribution >= 0.6 is 0 Å². The first kappa shape index (κ1) is 18.5. The minimum Gasteiger partial charge on any atom is -0.368 e. The van der Waals surface area contributed by atoms with Crippen molar-refractivity contribution in [3.05, 3.63) is 35.4 Å². The SMILES string of the molecule is O=C(c1ccc(CC2CCN(C(=O)C3CCCO3)CC2)cc1)N1CCCC1. The predicted octanol–water partition coefficient (Wildman–Crippen LogP) is 2.88. The van der Waals surface area contributed by atoms with Crippen molar-refractivity contribution in [2.24, 2.45) is 5.92 Å². The molecule has 0 aliphatic carbocycles. The van der Waals surface area contributed by atoms with E-state index in [1.54, 1.807) is 0 Å². The highest BCUT2D eigenvalue weighted by Crippen LogP contribution is 2.24. The molecule has 2 amide bonds. The number of rotatable bonds is 4. The summed E-state index contributed by atoms with van der Waals surface area (Å²) in [7, 11) is 0. The van der Waals surface area contributed by atoms with Gasteiger partial charge in [0.1, 0.15) is 6.10 Å². The minimum absolute atomic E-state index is 0.167. The normalized spacial score (nSPS) is 23.8. The molecular formula is C22H30N2O3. The maximum absolute atomic E-state index is 12.4. The molecule has 3 saturated heterocycles. The van der Waals surface area contributed by atoms with Gasteiger partial charge < -0.3 is 14.5 Å². The summed E-state index contributed by atoms with van der Waals surface area (Å²) in [6.07, 6.45) is 7.06. The predicted molar refractivity (Wildman–Crippen MR) is 104 cm³/mol. The molecule has 4 rings (SSSR count). The van der Waals surface area contributed by atoms with Crippen molar-refractivity contribution in [3.8, 4) is 0 Å². The van der Waals surface area contributed by atoms with E-state index >= 15 is 0 Å². The van der Waals surface area contributed by atoms with Crippen LogP contribution in [-0.2, 0) is 16.0 Å². The molecule has 27 heavy (non-hydrogen) atoms. The Morgan fingerprint density at radius 2 is 1.59 bits per heavy atom. The highest BCUT2D eigenvalue weighted by atomic mass is 16.5. The number of benzene rings is 1. The second kappa shape index (κ2) is 8.42. The average molecular weight is 370 g/mol. The lowest BCUT2D eigenvalue weighted by Gasteiger charge is -2.33. The molecule has 3 aliphatic rings. The van der Waals surface area contributed by atoms with E-state index in [0.29, 0.717) is 5.92 Å². The highest BCUT2D eigenvalue weighted by Gasteiger charge is 2.30. The van der Waals surface area contributed by atoms with Crippen molar-refractivity contribution in [2.45, 2.75) is 51.0 Å².